The predicted molar refractivity (Wildman–Crippen MR) is 43.4 cm³/mol. The molecule has 1 aromatic rings. The molecule has 0 N–H and O–H groups in total. The first kappa shape index (κ1) is 11.0. The summed E-state index contributed by atoms with van der Waals surface area (Å²) in [6.07, 6.45) is -4.65. The van der Waals surface area contributed by atoms with Crippen molar-refractivity contribution in [2.24, 2.45) is 0 Å². The number of aromatic nitrogens is 1. The lowest BCUT2D eigenvalue weighted by atomic mass is 10.1. The zero-order valence-electron chi connectivity index (χ0n) is 7.55. The summed E-state index contributed by atoms with van der Waals surface area (Å²) in [5.41, 5.74) is -2.28. The van der Waals surface area contributed by atoms with Gasteiger partial charge < -0.3 is 0 Å². The van der Waals surface area contributed by atoms with Crippen LogP contribution < -0.4 is 0 Å². The molecule has 0 aliphatic heterocycles. The van der Waals surface area contributed by atoms with Gasteiger partial charge in [-0.05, 0) is 13.0 Å². The van der Waals surface area contributed by atoms with E-state index in [0.717, 1.165) is 6.07 Å². The molecule has 1 rings (SSSR count). The monoisotopic (exact) mass is 211 g/mol. The van der Waals surface area contributed by atoms with E-state index in [4.69, 9.17) is 10.5 Å². The molecule has 0 saturated heterocycles. The number of halogens is 3. The maximum Gasteiger partial charge on any atom is 0.417 e. The Balaban J connectivity index is 3.61. The predicted octanol–water partition coefficient (Wildman–Crippen LogP) is 2.15. The van der Waals surface area contributed by atoms with E-state index in [1.165, 1.54) is 19.1 Å². The van der Waals surface area contributed by atoms with Gasteiger partial charge >= 0.3 is 6.18 Å². The van der Waals surface area contributed by atoms with Gasteiger partial charge in [0.15, 0.2) is 5.69 Å². The maximum absolute atomic E-state index is 12.4. The van der Waals surface area contributed by atoms with Gasteiger partial charge in [-0.1, -0.05) is 0 Å². The third-order valence-corrected chi connectivity index (χ3v) is 1.67. The minimum atomic E-state index is -4.65. The van der Waals surface area contributed by atoms with Gasteiger partial charge in [-0.25, -0.2) is 4.98 Å². The second kappa shape index (κ2) is 3.58. The largest absolute Gasteiger partial charge is 0.417 e. The van der Waals surface area contributed by atoms with Crippen LogP contribution in [0.1, 0.15) is 22.5 Å². The van der Waals surface area contributed by atoms with E-state index in [1.54, 1.807) is 0 Å². The Kier molecular flexibility index (Phi) is 2.63. The number of alkyl halides is 3. The van der Waals surface area contributed by atoms with Crippen LogP contribution in [0.3, 0.4) is 0 Å². The first-order valence-corrected chi connectivity index (χ1v) is 3.79. The first-order valence-electron chi connectivity index (χ1n) is 3.79. The molecule has 0 aromatic carbocycles. The summed E-state index contributed by atoms with van der Waals surface area (Å²) in [6, 6.07) is 3.56. The fraction of sp³-hybridized carbons (Fsp3) is 0.222. The van der Waals surface area contributed by atoms with Gasteiger partial charge in [0.05, 0.1) is 5.56 Å². The van der Waals surface area contributed by atoms with Crippen LogP contribution in [0.4, 0.5) is 13.2 Å². The Morgan fingerprint density at radius 2 is 1.87 bits per heavy atom. The molecule has 0 fully saturated rings. The van der Waals surface area contributed by atoms with Crippen molar-refractivity contribution >= 4 is 0 Å². The van der Waals surface area contributed by atoms with Gasteiger partial charge in [0.2, 0.25) is 0 Å². The lowest BCUT2D eigenvalue weighted by Gasteiger charge is -2.09. The van der Waals surface area contributed by atoms with Crippen LogP contribution in [0, 0.1) is 29.6 Å². The quantitative estimate of drug-likeness (QED) is 0.660. The molecule has 3 nitrogen and oxygen atoms in total. The molecule has 76 valence electrons. The van der Waals surface area contributed by atoms with Crippen LogP contribution in [0.25, 0.3) is 0 Å². The van der Waals surface area contributed by atoms with Gasteiger partial charge in [-0.2, -0.15) is 23.7 Å². The van der Waals surface area contributed by atoms with Crippen molar-refractivity contribution in [1.82, 2.24) is 4.98 Å². The normalized spacial score (nSPS) is 10.5. The van der Waals surface area contributed by atoms with E-state index in [2.05, 4.69) is 4.98 Å². The molecule has 0 spiro atoms. The number of aryl methyl sites for hydroxylation is 1. The van der Waals surface area contributed by atoms with Crippen LogP contribution in [0.5, 0.6) is 0 Å². The summed E-state index contributed by atoms with van der Waals surface area (Å²) >= 11 is 0. The SMILES string of the molecule is Cc1cc(C(F)(F)F)c(C#N)c(C#N)n1. The van der Waals surface area contributed by atoms with Crippen molar-refractivity contribution in [2.75, 3.05) is 0 Å². The lowest BCUT2D eigenvalue weighted by Crippen LogP contribution is -2.11. The Bertz CT molecular complexity index is 477. The molecule has 0 saturated carbocycles. The molecule has 0 bridgehead atoms. The van der Waals surface area contributed by atoms with Crippen molar-refractivity contribution in [3.05, 3.63) is 28.6 Å². The number of hydrogen-bond acceptors (Lipinski definition) is 3. The highest BCUT2D eigenvalue weighted by Crippen LogP contribution is 2.32. The average Bonchev–Trinajstić information content (AvgIpc) is 2.15. The third kappa shape index (κ3) is 2.05. The van der Waals surface area contributed by atoms with Gasteiger partial charge in [-0.15, -0.1) is 0 Å². The number of nitriles is 2. The summed E-state index contributed by atoms with van der Waals surface area (Å²) in [4.78, 5) is 3.55. The highest BCUT2D eigenvalue weighted by Gasteiger charge is 2.35. The number of hydrogen-bond donors (Lipinski definition) is 0. The highest BCUT2D eigenvalue weighted by atomic mass is 19.4. The number of pyridine rings is 1. The molecular weight excluding hydrogens is 207 g/mol. The van der Waals surface area contributed by atoms with Crippen LogP contribution in [0.15, 0.2) is 6.07 Å². The zero-order chi connectivity index (χ0) is 11.6. The van der Waals surface area contributed by atoms with E-state index in [-0.39, 0.29) is 5.69 Å². The third-order valence-electron chi connectivity index (χ3n) is 1.67. The van der Waals surface area contributed by atoms with E-state index in [9.17, 15) is 13.2 Å². The summed E-state index contributed by atoms with van der Waals surface area (Å²) in [7, 11) is 0. The van der Waals surface area contributed by atoms with Crippen LogP contribution in [0.2, 0.25) is 0 Å². The molecule has 0 amide bonds. The minimum absolute atomic E-state index is 0.0536. The van der Waals surface area contributed by atoms with Gasteiger partial charge in [-0.3, -0.25) is 0 Å². The van der Waals surface area contributed by atoms with Gasteiger partial charge in [0, 0.05) is 5.69 Å². The molecule has 6 heteroatoms. The van der Waals surface area contributed by atoms with Crippen LogP contribution in [-0.2, 0) is 6.18 Å². The first-order chi connectivity index (χ1) is 6.90. The highest BCUT2D eigenvalue weighted by molar-refractivity contribution is 5.48. The Morgan fingerprint density at radius 3 is 2.27 bits per heavy atom. The fourth-order valence-corrected chi connectivity index (χ4v) is 1.09. The second-order valence-electron chi connectivity index (χ2n) is 2.76. The standard InChI is InChI=1S/C9H4F3N3/c1-5-2-7(9(10,11)12)6(3-13)8(4-14)15-5/h2H,1H3. The molecule has 0 radical (unpaired) electrons. The lowest BCUT2D eigenvalue weighted by molar-refractivity contribution is -0.137. The van der Waals surface area contributed by atoms with Crippen molar-refractivity contribution < 1.29 is 13.2 Å². The molecular formula is C9H4F3N3. The van der Waals surface area contributed by atoms with Gasteiger partial charge in [0.1, 0.15) is 17.7 Å². The topological polar surface area (TPSA) is 60.5 Å². The van der Waals surface area contributed by atoms with Crippen molar-refractivity contribution in [1.29, 1.82) is 10.5 Å². The van der Waals surface area contributed by atoms with Crippen molar-refractivity contribution in [3.63, 3.8) is 0 Å². The molecule has 15 heavy (non-hydrogen) atoms. The summed E-state index contributed by atoms with van der Waals surface area (Å²) in [5, 5.41) is 17.1. The maximum atomic E-state index is 12.4. The van der Waals surface area contributed by atoms with Crippen LogP contribution >= 0.6 is 0 Å². The summed E-state index contributed by atoms with van der Waals surface area (Å²) in [5.74, 6) is 0. The van der Waals surface area contributed by atoms with Crippen molar-refractivity contribution in [2.45, 2.75) is 13.1 Å². The van der Waals surface area contributed by atoms with E-state index in [1.807, 2.05) is 0 Å². The van der Waals surface area contributed by atoms with E-state index in [0.29, 0.717) is 0 Å². The minimum Gasteiger partial charge on any atom is -0.241 e. The van der Waals surface area contributed by atoms with Crippen molar-refractivity contribution in [3.8, 4) is 12.1 Å². The molecule has 0 atom stereocenters. The second-order valence-corrected chi connectivity index (χ2v) is 2.76. The van der Waals surface area contributed by atoms with Gasteiger partial charge in [0.25, 0.3) is 0 Å². The zero-order valence-corrected chi connectivity index (χ0v) is 7.55. The Labute approximate surface area is 83.4 Å². The molecule has 0 aliphatic rings. The molecule has 0 aliphatic carbocycles. The number of rotatable bonds is 0. The molecule has 0 unspecified atom stereocenters. The number of nitrogens with zero attached hydrogens (tertiary/aromatic N) is 3. The Hall–Kier alpha value is -2.08. The smallest absolute Gasteiger partial charge is 0.241 e. The molecule has 1 heterocycles. The fourth-order valence-electron chi connectivity index (χ4n) is 1.09. The molecule has 1 aromatic heterocycles. The van der Waals surface area contributed by atoms with E-state index >= 15 is 0 Å². The average molecular weight is 211 g/mol. The Morgan fingerprint density at radius 1 is 1.27 bits per heavy atom. The summed E-state index contributed by atoms with van der Waals surface area (Å²) in [6.45, 7) is 1.33. The van der Waals surface area contributed by atoms with Crippen LogP contribution in [-0.4, -0.2) is 4.98 Å². The summed E-state index contributed by atoms with van der Waals surface area (Å²) < 4.78 is 37.3. The van der Waals surface area contributed by atoms with E-state index < -0.39 is 23.0 Å².